The van der Waals surface area contributed by atoms with E-state index in [1.807, 2.05) is 0 Å². The van der Waals surface area contributed by atoms with Crippen LogP contribution in [0.5, 0.6) is 0 Å². The zero-order valence-electron chi connectivity index (χ0n) is 11.6. The molecule has 8 nitrogen and oxygen atoms in total. The maximum Gasteiger partial charge on any atom is 0.253 e. The van der Waals surface area contributed by atoms with Crippen LogP contribution in [0.2, 0.25) is 0 Å². The molecular formula is C13H17N5O3. The molecule has 1 amide bonds. The Labute approximate surface area is 121 Å². The molecule has 0 spiro atoms. The maximum absolute atomic E-state index is 12.1. The first-order valence-corrected chi connectivity index (χ1v) is 6.46. The number of amides is 1. The number of carbonyl (C=O) groups excluding carboxylic acids is 1. The highest BCUT2D eigenvalue weighted by atomic mass is 16.5. The fourth-order valence-corrected chi connectivity index (χ4v) is 1.81. The van der Waals surface area contributed by atoms with Crippen LogP contribution in [0, 0.1) is 0 Å². The van der Waals surface area contributed by atoms with E-state index in [2.05, 4.69) is 20.4 Å². The molecule has 8 heteroatoms. The molecule has 0 fully saturated rings. The summed E-state index contributed by atoms with van der Waals surface area (Å²) in [6.45, 7) is 0.328. The molecule has 2 heterocycles. The first-order valence-electron chi connectivity index (χ1n) is 6.46. The lowest BCUT2D eigenvalue weighted by Crippen LogP contribution is -2.38. The number of ether oxygens (including phenoxy) is 1. The van der Waals surface area contributed by atoms with E-state index in [4.69, 9.17) is 9.84 Å². The normalized spacial score (nSPS) is 12.1. The second-order valence-electron chi connectivity index (χ2n) is 4.38. The van der Waals surface area contributed by atoms with Gasteiger partial charge in [0, 0.05) is 19.9 Å². The summed E-state index contributed by atoms with van der Waals surface area (Å²) in [6, 6.07) is 3.10. The minimum Gasteiger partial charge on any atom is -0.396 e. The molecule has 0 aliphatic carbocycles. The Morgan fingerprint density at radius 2 is 2.38 bits per heavy atom. The molecule has 0 saturated heterocycles. The minimum absolute atomic E-state index is 0.0161. The highest BCUT2D eigenvalue weighted by Gasteiger charge is 2.13. The zero-order chi connectivity index (χ0) is 15.1. The first-order chi connectivity index (χ1) is 10.2. The highest BCUT2D eigenvalue weighted by molar-refractivity contribution is 5.94. The van der Waals surface area contributed by atoms with Crippen molar-refractivity contribution in [3.8, 4) is 5.82 Å². The van der Waals surface area contributed by atoms with Gasteiger partial charge < -0.3 is 15.2 Å². The largest absolute Gasteiger partial charge is 0.396 e. The van der Waals surface area contributed by atoms with Crippen LogP contribution in [0.1, 0.15) is 16.8 Å². The van der Waals surface area contributed by atoms with Gasteiger partial charge >= 0.3 is 0 Å². The molecule has 0 aliphatic rings. The fraction of sp³-hybridized carbons (Fsp3) is 0.385. The molecule has 21 heavy (non-hydrogen) atoms. The number of nitrogens with zero attached hydrogens (tertiary/aromatic N) is 4. The van der Waals surface area contributed by atoms with E-state index >= 15 is 0 Å². The lowest BCUT2D eigenvalue weighted by Gasteiger charge is -2.16. The van der Waals surface area contributed by atoms with Crippen LogP contribution >= 0.6 is 0 Å². The number of aliphatic hydroxyl groups excluding tert-OH is 1. The van der Waals surface area contributed by atoms with E-state index in [0.717, 1.165) is 0 Å². The summed E-state index contributed by atoms with van der Waals surface area (Å²) in [7, 11) is 1.55. The molecule has 0 saturated carbocycles. The van der Waals surface area contributed by atoms with Gasteiger partial charge in [-0.3, -0.25) is 4.79 Å². The average Bonchev–Trinajstić information content (AvgIpc) is 3.02. The summed E-state index contributed by atoms with van der Waals surface area (Å²) in [4.78, 5) is 20.1. The Kier molecular flexibility index (Phi) is 5.35. The topological polar surface area (TPSA) is 102 Å². The predicted octanol–water partition coefficient (Wildman–Crippen LogP) is -0.211. The smallest absolute Gasteiger partial charge is 0.253 e. The van der Waals surface area contributed by atoms with Gasteiger partial charge in [0.25, 0.3) is 5.91 Å². The van der Waals surface area contributed by atoms with Crippen LogP contribution in [-0.2, 0) is 4.74 Å². The van der Waals surface area contributed by atoms with Crippen LogP contribution in [0.15, 0.2) is 31.0 Å². The summed E-state index contributed by atoms with van der Waals surface area (Å²) in [6.07, 6.45) is 4.84. The van der Waals surface area contributed by atoms with Gasteiger partial charge in [-0.05, 0) is 18.6 Å². The minimum atomic E-state index is -0.261. The molecule has 0 aromatic carbocycles. The molecule has 2 rings (SSSR count). The zero-order valence-corrected chi connectivity index (χ0v) is 11.6. The number of methoxy groups -OCH3 is 1. The van der Waals surface area contributed by atoms with Crippen molar-refractivity contribution in [1.29, 1.82) is 0 Å². The summed E-state index contributed by atoms with van der Waals surface area (Å²) >= 11 is 0. The number of rotatable bonds is 7. The van der Waals surface area contributed by atoms with E-state index in [1.54, 1.807) is 19.2 Å². The Bertz CT molecular complexity index is 550. The van der Waals surface area contributed by atoms with Crippen molar-refractivity contribution in [2.45, 2.75) is 12.5 Å². The standard InChI is InChI=1S/C13H17N5O3/c1-21-7-11(4-5-19)17-13(20)10-2-3-12(15-6-10)18-9-14-8-16-18/h2-3,6,8-9,11,19H,4-5,7H2,1H3,(H,17,20). The van der Waals surface area contributed by atoms with E-state index in [9.17, 15) is 4.79 Å². The quantitative estimate of drug-likeness (QED) is 0.732. The highest BCUT2D eigenvalue weighted by Crippen LogP contribution is 2.05. The lowest BCUT2D eigenvalue weighted by molar-refractivity contribution is 0.0878. The number of aliphatic hydroxyl groups is 1. The summed E-state index contributed by atoms with van der Waals surface area (Å²) in [5.74, 6) is 0.316. The van der Waals surface area contributed by atoms with Crippen LogP contribution in [-0.4, -0.2) is 57.1 Å². The van der Waals surface area contributed by atoms with Crippen molar-refractivity contribution in [2.75, 3.05) is 20.3 Å². The number of carbonyl (C=O) groups is 1. The number of hydrogen-bond acceptors (Lipinski definition) is 6. The summed E-state index contributed by atoms with van der Waals surface area (Å²) in [5, 5.41) is 15.7. The second kappa shape index (κ2) is 7.46. The van der Waals surface area contributed by atoms with E-state index in [0.29, 0.717) is 24.4 Å². The molecule has 1 atom stereocenters. The molecule has 112 valence electrons. The lowest BCUT2D eigenvalue weighted by atomic mass is 10.2. The Morgan fingerprint density at radius 1 is 1.52 bits per heavy atom. The number of hydrogen-bond donors (Lipinski definition) is 2. The second-order valence-corrected chi connectivity index (χ2v) is 4.38. The first kappa shape index (κ1) is 15.1. The van der Waals surface area contributed by atoms with Crippen molar-refractivity contribution in [3.05, 3.63) is 36.5 Å². The van der Waals surface area contributed by atoms with Gasteiger partial charge in [0.1, 0.15) is 12.7 Å². The van der Waals surface area contributed by atoms with Crippen LogP contribution in [0.25, 0.3) is 5.82 Å². The molecule has 1 unspecified atom stereocenters. The monoisotopic (exact) mass is 291 g/mol. The predicted molar refractivity (Wildman–Crippen MR) is 74.0 cm³/mol. The fourth-order valence-electron chi connectivity index (χ4n) is 1.81. The molecule has 2 N–H and O–H groups in total. The molecule has 2 aromatic rings. The number of aromatic nitrogens is 4. The summed E-state index contributed by atoms with van der Waals surface area (Å²) in [5.41, 5.74) is 0.429. The average molecular weight is 291 g/mol. The molecule has 0 radical (unpaired) electrons. The Hall–Kier alpha value is -2.32. The van der Waals surface area contributed by atoms with Crippen LogP contribution in [0.3, 0.4) is 0 Å². The van der Waals surface area contributed by atoms with E-state index in [1.165, 1.54) is 23.5 Å². The maximum atomic E-state index is 12.1. The Balaban J connectivity index is 2.02. The van der Waals surface area contributed by atoms with Gasteiger partial charge in [0.15, 0.2) is 5.82 Å². The van der Waals surface area contributed by atoms with Gasteiger partial charge in [-0.25, -0.2) is 14.6 Å². The van der Waals surface area contributed by atoms with E-state index < -0.39 is 0 Å². The van der Waals surface area contributed by atoms with E-state index in [-0.39, 0.29) is 18.6 Å². The van der Waals surface area contributed by atoms with Crippen molar-refractivity contribution < 1.29 is 14.6 Å². The number of pyridine rings is 1. The third-order valence-electron chi connectivity index (χ3n) is 2.84. The SMILES string of the molecule is COCC(CCO)NC(=O)c1ccc(-n2cncn2)nc1. The number of nitrogens with one attached hydrogen (secondary N) is 1. The van der Waals surface area contributed by atoms with Gasteiger partial charge in [0.2, 0.25) is 0 Å². The van der Waals surface area contributed by atoms with Crippen LogP contribution < -0.4 is 5.32 Å². The van der Waals surface area contributed by atoms with Crippen molar-refractivity contribution in [3.63, 3.8) is 0 Å². The molecule has 0 bridgehead atoms. The van der Waals surface area contributed by atoms with Crippen molar-refractivity contribution in [2.24, 2.45) is 0 Å². The Morgan fingerprint density at radius 3 is 2.95 bits per heavy atom. The van der Waals surface area contributed by atoms with Crippen molar-refractivity contribution >= 4 is 5.91 Å². The van der Waals surface area contributed by atoms with Crippen LogP contribution in [0.4, 0.5) is 0 Å². The summed E-state index contributed by atoms with van der Waals surface area (Å²) < 4.78 is 6.50. The molecular weight excluding hydrogens is 274 g/mol. The molecule has 2 aromatic heterocycles. The van der Waals surface area contributed by atoms with Gasteiger partial charge in [0.05, 0.1) is 18.2 Å². The third-order valence-corrected chi connectivity index (χ3v) is 2.84. The van der Waals surface area contributed by atoms with Gasteiger partial charge in [-0.1, -0.05) is 0 Å². The van der Waals surface area contributed by atoms with Crippen molar-refractivity contribution in [1.82, 2.24) is 25.1 Å². The van der Waals surface area contributed by atoms with Gasteiger partial charge in [-0.15, -0.1) is 0 Å². The molecule has 0 aliphatic heterocycles. The van der Waals surface area contributed by atoms with Gasteiger partial charge in [-0.2, -0.15) is 5.10 Å². The third kappa shape index (κ3) is 4.07.